The van der Waals surface area contributed by atoms with E-state index in [4.69, 9.17) is 0 Å². The van der Waals surface area contributed by atoms with Gasteiger partial charge in [-0.2, -0.15) is 48.3 Å². The molecule has 1 aliphatic rings. The average molecular weight is 434 g/mol. The highest BCUT2D eigenvalue weighted by atomic mass is 19.4. The van der Waals surface area contributed by atoms with E-state index < -0.39 is 59.6 Å². The molecule has 12 heteroatoms. The van der Waals surface area contributed by atoms with Gasteiger partial charge in [0, 0.05) is 0 Å². The van der Waals surface area contributed by atoms with Gasteiger partial charge < -0.3 is 5.11 Å². The van der Waals surface area contributed by atoms with Crippen LogP contribution in [0.25, 0.3) is 0 Å². The molecule has 0 radical (unpaired) electrons. The van der Waals surface area contributed by atoms with Gasteiger partial charge >= 0.3 is 24.4 Å². The predicted molar refractivity (Wildman–Crippen MR) is 76.2 cm³/mol. The fourth-order valence-corrected chi connectivity index (χ4v) is 3.31. The standard InChI is InChI=1S/C16H17F11O/c1-8(9-5-3-2-4-6-9)7-10(13(20,21)11(17)12(18)19)14(28,15(22,23)24)16(25,26)27/h9-10,28H,1-7H2. The molecule has 0 aromatic heterocycles. The summed E-state index contributed by atoms with van der Waals surface area (Å²) in [7, 11) is 0. The SMILES string of the molecule is C=C(CC(C(F)(F)C(F)=C(F)F)C(O)(C(F)(F)F)C(F)(F)F)C1CCCCC1. The fourth-order valence-electron chi connectivity index (χ4n) is 3.31. The summed E-state index contributed by atoms with van der Waals surface area (Å²) in [6.45, 7) is 3.21. The average Bonchev–Trinajstić information content (AvgIpc) is 2.56. The Morgan fingerprint density at radius 3 is 1.64 bits per heavy atom. The number of allylic oxidation sites excluding steroid dienone is 2. The van der Waals surface area contributed by atoms with E-state index in [-0.39, 0.29) is 12.8 Å². The lowest BCUT2D eigenvalue weighted by molar-refractivity contribution is -0.399. The molecule has 1 atom stereocenters. The second-order valence-electron chi connectivity index (χ2n) is 6.71. The molecule has 0 aliphatic heterocycles. The van der Waals surface area contributed by atoms with E-state index >= 15 is 0 Å². The van der Waals surface area contributed by atoms with Crippen LogP contribution in [0, 0.1) is 11.8 Å². The molecule has 1 unspecified atom stereocenters. The molecule has 0 aromatic carbocycles. The van der Waals surface area contributed by atoms with Crippen LogP contribution in [-0.4, -0.2) is 29.0 Å². The molecule has 1 fully saturated rings. The Morgan fingerprint density at radius 1 is 0.857 bits per heavy atom. The molecule has 0 spiro atoms. The van der Waals surface area contributed by atoms with Crippen LogP contribution in [0.4, 0.5) is 48.3 Å². The summed E-state index contributed by atoms with van der Waals surface area (Å²) in [5, 5.41) is 9.35. The Balaban J connectivity index is 3.54. The summed E-state index contributed by atoms with van der Waals surface area (Å²) in [5.41, 5.74) is -6.67. The first kappa shape index (κ1) is 24.7. The van der Waals surface area contributed by atoms with Crippen molar-refractivity contribution in [1.29, 1.82) is 0 Å². The van der Waals surface area contributed by atoms with E-state index in [1.807, 2.05) is 0 Å². The molecule has 164 valence electrons. The maximum atomic E-state index is 14.1. The number of alkyl halides is 8. The topological polar surface area (TPSA) is 20.2 Å². The summed E-state index contributed by atoms with van der Waals surface area (Å²) in [5.74, 6) is -14.8. The van der Waals surface area contributed by atoms with E-state index in [0.29, 0.717) is 19.3 Å². The minimum atomic E-state index is -6.75. The summed E-state index contributed by atoms with van der Waals surface area (Å²) in [6.07, 6.45) is -17.0. The van der Waals surface area contributed by atoms with Crippen molar-refractivity contribution in [2.75, 3.05) is 0 Å². The van der Waals surface area contributed by atoms with Gasteiger partial charge in [-0.05, 0) is 25.2 Å². The second kappa shape index (κ2) is 8.19. The summed E-state index contributed by atoms with van der Waals surface area (Å²) >= 11 is 0. The molecule has 1 nitrogen and oxygen atoms in total. The van der Waals surface area contributed by atoms with Gasteiger partial charge in [-0.15, -0.1) is 0 Å². The lowest BCUT2D eigenvalue weighted by Crippen LogP contribution is -2.65. The molecular formula is C16H17F11O. The molecule has 0 bridgehead atoms. The quantitative estimate of drug-likeness (QED) is 0.365. The van der Waals surface area contributed by atoms with Gasteiger partial charge in [0.1, 0.15) is 0 Å². The van der Waals surface area contributed by atoms with Crippen LogP contribution in [0.3, 0.4) is 0 Å². The van der Waals surface area contributed by atoms with Crippen LogP contribution in [0.1, 0.15) is 38.5 Å². The van der Waals surface area contributed by atoms with E-state index in [0.717, 1.165) is 0 Å². The van der Waals surface area contributed by atoms with Crippen LogP contribution < -0.4 is 0 Å². The highest BCUT2D eigenvalue weighted by molar-refractivity contribution is 5.19. The number of rotatable bonds is 6. The summed E-state index contributed by atoms with van der Waals surface area (Å²) < 4.78 is 145. The van der Waals surface area contributed by atoms with Crippen LogP contribution in [0.2, 0.25) is 0 Å². The first-order valence-electron chi connectivity index (χ1n) is 8.10. The maximum absolute atomic E-state index is 14.1. The van der Waals surface area contributed by atoms with Crippen molar-refractivity contribution in [3.63, 3.8) is 0 Å². The second-order valence-corrected chi connectivity index (χ2v) is 6.71. The van der Waals surface area contributed by atoms with Crippen LogP contribution in [0.15, 0.2) is 24.1 Å². The zero-order chi connectivity index (χ0) is 22.1. The molecule has 0 heterocycles. The van der Waals surface area contributed by atoms with E-state index in [1.54, 1.807) is 0 Å². The van der Waals surface area contributed by atoms with Gasteiger partial charge in [0.25, 0.3) is 5.60 Å². The Kier molecular flexibility index (Phi) is 7.23. The Hall–Kier alpha value is -1.33. The third-order valence-corrected chi connectivity index (χ3v) is 4.91. The molecule has 0 aromatic rings. The Bertz CT molecular complexity index is 579. The van der Waals surface area contributed by atoms with Gasteiger partial charge in [-0.25, -0.2) is 0 Å². The van der Waals surface area contributed by atoms with Crippen molar-refractivity contribution in [3.05, 3.63) is 24.1 Å². The number of hydrogen-bond donors (Lipinski definition) is 1. The first-order chi connectivity index (χ1) is 12.5. The highest BCUT2D eigenvalue weighted by Crippen LogP contribution is 2.56. The smallest absolute Gasteiger partial charge is 0.373 e. The molecule has 1 aliphatic carbocycles. The minimum Gasteiger partial charge on any atom is -0.373 e. The monoisotopic (exact) mass is 434 g/mol. The Morgan fingerprint density at radius 2 is 1.29 bits per heavy atom. The van der Waals surface area contributed by atoms with Crippen molar-refractivity contribution in [2.45, 2.75) is 62.4 Å². The summed E-state index contributed by atoms with van der Waals surface area (Å²) in [4.78, 5) is 0. The van der Waals surface area contributed by atoms with Crippen molar-refractivity contribution in [3.8, 4) is 0 Å². The third kappa shape index (κ3) is 4.62. The fraction of sp³-hybridized carbons (Fsp3) is 0.750. The van der Waals surface area contributed by atoms with E-state index in [2.05, 4.69) is 6.58 Å². The third-order valence-electron chi connectivity index (χ3n) is 4.91. The number of aliphatic hydroxyl groups is 1. The lowest BCUT2D eigenvalue weighted by Gasteiger charge is -2.42. The highest BCUT2D eigenvalue weighted by Gasteiger charge is 2.78. The zero-order valence-corrected chi connectivity index (χ0v) is 14.2. The van der Waals surface area contributed by atoms with Gasteiger partial charge in [-0.3, -0.25) is 0 Å². The van der Waals surface area contributed by atoms with Crippen LogP contribution in [0.5, 0.6) is 0 Å². The molecular weight excluding hydrogens is 417 g/mol. The molecule has 0 saturated heterocycles. The maximum Gasteiger partial charge on any atom is 0.426 e. The van der Waals surface area contributed by atoms with E-state index in [1.165, 1.54) is 0 Å². The number of hydrogen-bond acceptors (Lipinski definition) is 1. The molecule has 28 heavy (non-hydrogen) atoms. The Labute approximate surface area is 152 Å². The van der Waals surface area contributed by atoms with Crippen molar-refractivity contribution in [2.24, 2.45) is 11.8 Å². The first-order valence-corrected chi connectivity index (χ1v) is 8.10. The largest absolute Gasteiger partial charge is 0.426 e. The lowest BCUT2D eigenvalue weighted by atomic mass is 9.73. The van der Waals surface area contributed by atoms with Crippen LogP contribution >= 0.6 is 0 Å². The molecule has 1 rings (SSSR count). The van der Waals surface area contributed by atoms with Crippen LogP contribution in [-0.2, 0) is 0 Å². The van der Waals surface area contributed by atoms with E-state index in [9.17, 15) is 53.4 Å². The minimum absolute atomic E-state index is 0.226. The van der Waals surface area contributed by atoms with Gasteiger partial charge in [-0.1, -0.05) is 31.4 Å². The van der Waals surface area contributed by atoms with Gasteiger partial charge in [0.15, 0.2) is 0 Å². The van der Waals surface area contributed by atoms with Crippen molar-refractivity contribution in [1.82, 2.24) is 0 Å². The predicted octanol–water partition coefficient (Wildman–Crippen LogP) is 6.70. The molecule has 1 N–H and O–H groups in total. The van der Waals surface area contributed by atoms with Crippen molar-refractivity contribution < 1.29 is 53.4 Å². The molecule has 0 amide bonds. The van der Waals surface area contributed by atoms with Gasteiger partial charge in [0.05, 0.1) is 5.92 Å². The zero-order valence-electron chi connectivity index (χ0n) is 14.2. The summed E-state index contributed by atoms with van der Waals surface area (Å²) in [6, 6.07) is 0. The van der Waals surface area contributed by atoms with Gasteiger partial charge in [0.2, 0.25) is 5.83 Å². The normalized spacial score (nSPS) is 18.7. The number of halogens is 11. The van der Waals surface area contributed by atoms with Crippen molar-refractivity contribution >= 4 is 0 Å². The molecule has 1 saturated carbocycles.